The van der Waals surface area contributed by atoms with E-state index in [9.17, 15) is 9.59 Å². The van der Waals surface area contributed by atoms with E-state index in [4.69, 9.17) is 9.47 Å². The van der Waals surface area contributed by atoms with Gasteiger partial charge in [0, 0.05) is 25.5 Å². The van der Waals surface area contributed by atoms with Crippen LogP contribution in [0.2, 0.25) is 0 Å². The molecule has 1 unspecified atom stereocenters. The molecule has 8 heteroatoms. The Morgan fingerprint density at radius 3 is 2.78 bits per heavy atom. The van der Waals surface area contributed by atoms with Gasteiger partial charge in [-0.1, -0.05) is 18.2 Å². The lowest BCUT2D eigenvalue weighted by Gasteiger charge is -2.43. The number of carbonyl (C=O) groups excluding carboxylic acids is 2. The minimum Gasteiger partial charge on any atom is -0.368 e. The van der Waals surface area contributed by atoms with E-state index in [0.29, 0.717) is 31.8 Å². The number of benzene rings is 1. The van der Waals surface area contributed by atoms with Crippen molar-refractivity contribution in [2.75, 3.05) is 44.4 Å². The van der Waals surface area contributed by atoms with Gasteiger partial charge in [-0.15, -0.1) is 0 Å². The Balaban J connectivity index is 1.57. The average molecular weight is 370 g/mol. The zero-order chi connectivity index (χ0) is 18.9. The molecule has 0 bridgehead atoms. The number of hydrogen-bond donors (Lipinski definition) is 0. The molecule has 3 heterocycles. The maximum atomic E-state index is 12.8. The number of morpholine rings is 1. The minimum atomic E-state index is -0.752. The van der Waals surface area contributed by atoms with Gasteiger partial charge in [-0.2, -0.15) is 5.10 Å². The van der Waals surface area contributed by atoms with Crippen molar-refractivity contribution in [1.29, 1.82) is 0 Å². The van der Waals surface area contributed by atoms with Gasteiger partial charge in [0.05, 0.1) is 38.1 Å². The lowest BCUT2D eigenvalue weighted by molar-refractivity contribution is -0.128. The summed E-state index contributed by atoms with van der Waals surface area (Å²) in [5.74, 6) is -0.204. The second-order valence-corrected chi connectivity index (χ2v) is 6.97. The number of aryl methyl sites for hydroxylation is 1. The van der Waals surface area contributed by atoms with Crippen molar-refractivity contribution in [3.8, 4) is 0 Å². The van der Waals surface area contributed by atoms with E-state index in [-0.39, 0.29) is 25.0 Å². The van der Waals surface area contributed by atoms with Crippen LogP contribution in [0.25, 0.3) is 0 Å². The van der Waals surface area contributed by atoms with Crippen molar-refractivity contribution in [3.63, 3.8) is 0 Å². The molecule has 2 saturated heterocycles. The molecule has 2 aliphatic rings. The smallest absolute Gasteiger partial charge is 0.257 e. The number of para-hydroxylation sites is 1. The number of amides is 2. The van der Waals surface area contributed by atoms with Crippen molar-refractivity contribution >= 4 is 17.5 Å². The summed E-state index contributed by atoms with van der Waals surface area (Å²) < 4.78 is 13.3. The number of rotatable bonds is 2. The summed E-state index contributed by atoms with van der Waals surface area (Å²) in [6.45, 7) is 1.85. The van der Waals surface area contributed by atoms with E-state index < -0.39 is 5.60 Å². The van der Waals surface area contributed by atoms with Gasteiger partial charge >= 0.3 is 0 Å². The Kier molecular flexibility index (Phi) is 4.67. The van der Waals surface area contributed by atoms with E-state index in [2.05, 4.69) is 5.10 Å². The molecule has 4 rings (SSSR count). The second kappa shape index (κ2) is 7.13. The number of anilines is 1. The van der Waals surface area contributed by atoms with Crippen LogP contribution in [0.5, 0.6) is 0 Å². The lowest BCUT2D eigenvalue weighted by atomic mass is 10.0. The first-order valence-corrected chi connectivity index (χ1v) is 8.91. The molecule has 142 valence electrons. The predicted octanol–water partition coefficient (Wildman–Crippen LogP) is 0.695. The van der Waals surface area contributed by atoms with Crippen LogP contribution in [-0.2, 0) is 21.3 Å². The number of hydrogen-bond acceptors (Lipinski definition) is 5. The molecule has 1 spiro atoms. The highest BCUT2D eigenvalue weighted by molar-refractivity contribution is 5.95. The molecule has 2 aromatic rings. The van der Waals surface area contributed by atoms with Gasteiger partial charge in [0.1, 0.15) is 12.2 Å². The van der Waals surface area contributed by atoms with Gasteiger partial charge < -0.3 is 19.3 Å². The van der Waals surface area contributed by atoms with Crippen LogP contribution in [0.15, 0.2) is 42.7 Å². The van der Waals surface area contributed by atoms with Crippen LogP contribution in [0, 0.1) is 0 Å². The van der Waals surface area contributed by atoms with Crippen LogP contribution in [0.4, 0.5) is 5.69 Å². The van der Waals surface area contributed by atoms with Crippen LogP contribution in [0.1, 0.15) is 10.4 Å². The average Bonchev–Trinajstić information content (AvgIpc) is 3.06. The van der Waals surface area contributed by atoms with E-state index >= 15 is 0 Å². The highest BCUT2D eigenvalue weighted by Crippen LogP contribution is 2.27. The Bertz CT molecular complexity index is 837. The third-order valence-electron chi connectivity index (χ3n) is 4.89. The Morgan fingerprint density at radius 2 is 2.04 bits per heavy atom. The van der Waals surface area contributed by atoms with E-state index in [1.807, 2.05) is 30.3 Å². The summed E-state index contributed by atoms with van der Waals surface area (Å²) in [6.07, 6.45) is 3.27. The van der Waals surface area contributed by atoms with Gasteiger partial charge in [0.25, 0.3) is 11.8 Å². The maximum Gasteiger partial charge on any atom is 0.257 e. The Labute approximate surface area is 157 Å². The van der Waals surface area contributed by atoms with E-state index in [0.717, 1.165) is 5.69 Å². The fourth-order valence-corrected chi connectivity index (χ4v) is 3.58. The van der Waals surface area contributed by atoms with E-state index in [1.165, 1.54) is 0 Å². The number of carbonyl (C=O) groups is 2. The predicted molar refractivity (Wildman–Crippen MR) is 97.4 cm³/mol. The first-order valence-electron chi connectivity index (χ1n) is 8.91. The van der Waals surface area contributed by atoms with Crippen LogP contribution in [-0.4, -0.2) is 71.6 Å². The fraction of sp³-hybridized carbons (Fsp3) is 0.421. The first-order chi connectivity index (χ1) is 13.1. The molecular formula is C19H22N4O4. The lowest BCUT2D eigenvalue weighted by Crippen LogP contribution is -2.60. The normalized spacial score (nSPS) is 23.5. The number of aromatic nitrogens is 2. The van der Waals surface area contributed by atoms with Gasteiger partial charge in [-0.25, -0.2) is 0 Å². The molecule has 0 N–H and O–H groups in total. The van der Waals surface area contributed by atoms with Crippen molar-refractivity contribution in [2.24, 2.45) is 7.05 Å². The first kappa shape index (κ1) is 17.7. The van der Waals surface area contributed by atoms with Crippen LogP contribution in [0.3, 0.4) is 0 Å². The molecule has 0 radical (unpaired) electrons. The summed E-state index contributed by atoms with van der Waals surface area (Å²) in [5, 5.41) is 4.07. The largest absolute Gasteiger partial charge is 0.368 e. The van der Waals surface area contributed by atoms with Crippen LogP contribution >= 0.6 is 0 Å². The molecule has 27 heavy (non-hydrogen) atoms. The minimum absolute atomic E-state index is 0.00342. The highest BCUT2D eigenvalue weighted by Gasteiger charge is 2.43. The molecule has 1 aromatic heterocycles. The molecule has 8 nitrogen and oxygen atoms in total. The highest BCUT2D eigenvalue weighted by atomic mass is 16.5. The van der Waals surface area contributed by atoms with Crippen molar-refractivity contribution < 1.29 is 19.1 Å². The molecule has 2 amide bonds. The Morgan fingerprint density at radius 1 is 1.22 bits per heavy atom. The number of ether oxygens (including phenoxy) is 2. The summed E-state index contributed by atoms with van der Waals surface area (Å²) in [6, 6.07) is 9.46. The summed E-state index contributed by atoms with van der Waals surface area (Å²) >= 11 is 0. The third-order valence-corrected chi connectivity index (χ3v) is 4.89. The molecule has 1 aromatic carbocycles. The molecule has 2 fully saturated rings. The van der Waals surface area contributed by atoms with Gasteiger partial charge in [0.15, 0.2) is 0 Å². The standard InChI is InChI=1S/C19H22N4O4/c1-21-10-15(9-20-21)18(25)22-7-8-27-19(12-22)13-23(17(24)11-26-14-19)16-5-3-2-4-6-16/h2-6,9-10H,7-8,11-14H2,1H3. The molecule has 1 atom stereocenters. The monoisotopic (exact) mass is 370 g/mol. The molecule has 0 saturated carbocycles. The van der Waals surface area contributed by atoms with Crippen molar-refractivity contribution in [1.82, 2.24) is 14.7 Å². The topological polar surface area (TPSA) is 76.9 Å². The van der Waals surface area contributed by atoms with Crippen LogP contribution < -0.4 is 4.90 Å². The summed E-state index contributed by atoms with van der Waals surface area (Å²) in [5.41, 5.74) is 0.588. The third kappa shape index (κ3) is 3.58. The Hall–Kier alpha value is -2.71. The molecule has 0 aliphatic carbocycles. The second-order valence-electron chi connectivity index (χ2n) is 6.97. The van der Waals surface area contributed by atoms with Gasteiger partial charge in [-0.05, 0) is 12.1 Å². The quantitative estimate of drug-likeness (QED) is 0.778. The van der Waals surface area contributed by atoms with E-state index in [1.54, 1.807) is 33.9 Å². The molecule has 2 aliphatic heterocycles. The molecular weight excluding hydrogens is 348 g/mol. The zero-order valence-electron chi connectivity index (χ0n) is 15.2. The summed E-state index contributed by atoms with van der Waals surface area (Å²) in [4.78, 5) is 28.8. The fourth-order valence-electron chi connectivity index (χ4n) is 3.58. The van der Waals surface area contributed by atoms with Gasteiger partial charge in [-0.3, -0.25) is 14.3 Å². The maximum absolute atomic E-state index is 12.8. The van der Waals surface area contributed by atoms with Gasteiger partial charge in [0.2, 0.25) is 0 Å². The zero-order valence-corrected chi connectivity index (χ0v) is 15.2. The number of nitrogens with zero attached hydrogens (tertiary/aromatic N) is 4. The van der Waals surface area contributed by atoms with Crippen molar-refractivity contribution in [3.05, 3.63) is 48.3 Å². The van der Waals surface area contributed by atoms with Crippen molar-refractivity contribution in [2.45, 2.75) is 5.60 Å². The SMILES string of the molecule is Cn1cc(C(=O)N2CCOC3(COCC(=O)N(c4ccccc4)C3)C2)cn1. The summed E-state index contributed by atoms with van der Waals surface area (Å²) in [7, 11) is 1.78.